The van der Waals surface area contributed by atoms with Gasteiger partial charge in [0.05, 0.1) is 30.8 Å². The van der Waals surface area contributed by atoms with Crippen molar-refractivity contribution in [3.8, 4) is 11.5 Å². The van der Waals surface area contributed by atoms with Crippen molar-refractivity contribution < 1.29 is 22.7 Å². The predicted molar refractivity (Wildman–Crippen MR) is 99.1 cm³/mol. The summed E-state index contributed by atoms with van der Waals surface area (Å²) in [6.07, 6.45) is 0. The third kappa shape index (κ3) is 4.74. The molecule has 2 rings (SSSR count). The first-order valence-corrected chi connectivity index (χ1v) is 9.37. The van der Waals surface area contributed by atoms with Gasteiger partial charge in [0.15, 0.2) is 0 Å². The molecule has 8 heteroatoms. The van der Waals surface area contributed by atoms with Crippen LogP contribution < -0.4 is 19.5 Å². The van der Waals surface area contributed by atoms with Gasteiger partial charge in [0.2, 0.25) is 15.9 Å². The lowest BCUT2D eigenvalue weighted by molar-refractivity contribution is -0.117. The second-order valence-corrected chi connectivity index (χ2v) is 7.43. The number of carbonyl (C=O) groups excluding carboxylic acids is 1. The number of sulfonamides is 1. The minimum atomic E-state index is -3.81. The van der Waals surface area contributed by atoms with Gasteiger partial charge in [0, 0.05) is 6.07 Å². The van der Waals surface area contributed by atoms with Crippen LogP contribution in [0.1, 0.15) is 12.5 Å². The molecule has 0 aromatic heterocycles. The van der Waals surface area contributed by atoms with Crippen LogP contribution in [0.25, 0.3) is 0 Å². The van der Waals surface area contributed by atoms with E-state index >= 15 is 0 Å². The molecule has 2 aromatic rings. The lowest BCUT2D eigenvalue weighted by Gasteiger charge is -2.16. The van der Waals surface area contributed by atoms with E-state index in [4.69, 9.17) is 9.47 Å². The van der Waals surface area contributed by atoms with E-state index in [2.05, 4.69) is 10.0 Å². The summed E-state index contributed by atoms with van der Waals surface area (Å²) in [5.41, 5.74) is 1.33. The predicted octanol–water partition coefficient (Wildman–Crippen LogP) is 2.32. The number of aryl methyl sites for hydroxylation is 1. The van der Waals surface area contributed by atoms with Crippen molar-refractivity contribution in [1.29, 1.82) is 0 Å². The molecule has 0 fully saturated rings. The van der Waals surface area contributed by atoms with Crippen LogP contribution in [-0.2, 0) is 14.8 Å². The molecule has 2 N–H and O–H groups in total. The summed E-state index contributed by atoms with van der Waals surface area (Å²) in [6, 6.07) is 10.3. The normalized spacial score (nSPS) is 12.3. The largest absolute Gasteiger partial charge is 0.497 e. The summed E-state index contributed by atoms with van der Waals surface area (Å²) in [6.45, 7) is 3.33. The van der Waals surface area contributed by atoms with Gasteiger partial charge >= 0.3 is 0 Å². The molecule has 0 saturated heterocycles. The molecule has 140 valence electrons. The Labute approximate surface area is 153 Å². The number of anilines is 1. The Morgan fingerprint density at radius 1 is 1.04 bits per heavy atom. The number of ether oxygens (including phenoxy) is 2. The maximum Gasteiger partial charge on any atom is 0.242 e. The Hall–Kier alpha value is -2.58. The molecule has 0 unspecified atom stereocenters. The van der Waals surface area contributed by atoms with Crippen molar-refractivity contribution in [1.82, 2.24) is 4.72 Å². The Bertz CT molecular complexity index is 879. The molecule has 1 amide bonds. The number of rotatable bonds is 7. The highest BCUT2D eigenvalue weighted by Gasteiger charge is 2.23. The summed E-state index contributed by atoms with van der Waals surface area (Å²) in [5, 5.41) is 2.65. The molecule has 0 bridgehead atoms. The Morgan fingerprint density at radius 3 is 2.27 bits per heavy atom. The minimum Gasteiger partial charge on any atom is -0.497 e. The van der Waals surface area contributed by atoms with Gasteiger partial charge in [0.25, 0.3) is 0 Å². The third-order valence-corrected chi connectivity index (χ3v) is 5.28. The maximum atomic E-state index is 12.4. The number of nitrogens with one attached hydrogen (secondary N) is 2. The van der Waals surface area contributed by atoms with Crippen molar-refractivity contribution in [2.24, 2.45) is 0 Å². The van der Waals surface area contributed by atoms with Crippen LogP contribution in [0.15, 0.2) is 47.4 Å². The van der Waals surface area contributed by atoms with Crippen LogP contribution in [0.3, 0.4) is 0 Å². The average molecular weight is 378 g/mol. The SMILES string of the molecule is COc1ccc(OC)c(NC(=O)[C@@H](C)NS(=O)(=O)c2ccc(C)cc2)c1. The van der Waals surface area contributed by atoms with Crippen LogP contribution in [0, 0.1) is 6.92 Å². The smallest absolute Gasteiger partial charge is 0.242 e. The first-order chi connectivity index (χ1) is 12.3. The van der Waals surface area contributed by atoms with Crippen LogP contribution in [-0.4, -0.2) is 34.6 Å². The van der Waals surface area contributed by atoms with Gasteiger partial charge in [-0.25, -0.2) is 8.42 Å². The van der Waals surface area contributed by atoms with Gasteiger partial charge < -0.3 is 14.8 Å². The van der Waals surface area contributed by atoms with Gasteiger partial charge in [-0.15, -0.1) is 0 Å². The molecule has 0 radical (unpaired) electrons. The summed E-state index contributed by atoms with van der Waals surface area (Å²) in [4.78, 5) is 12.5. The molecule has 0 saturated carbocycles. The average Bonchev–Trinajstić information content (AvgIpc) is 2.61. The Balaban J connectivity index is 2.14. The molecular formula is C18H22N2O5S. The van der Waals surface area contributed by atoms with Crippen molar-refractivity contribution in [2.45, 2.75) is 24.8 Å². The fourth-order valence-electron chi connectivity index (χ4n) is 2.22. The van der Waals surface area contributed by atoms with Crippen molar-refractivity contribution in [3.63, 3.8) is 0 Å². The van der Waals surface area contributed by atoms with E-state index in [1.54, 1.807) is 30.3 Å². The van der Waals surface area contributed by atoms with Crippen molar-refractivity contribution in [2.75, 3.05) is 19.5 Å². The number of hydrogen-bond acceptors (Lipinski definition) is 5. The zero-order valence-corrected chi connectivity index (χ0v) is 15.9. The lowest BCUT2D eigenvalue weighted by Crippen LogP contribution is -2.41. The van der Waals surface area contributed by atoms with Crippen LogP contribution in [0.2, 0.25) is 0 Å². The van der Waals surface area contributed by atoms with Crippen LogP contribution in [0.4, 0.5) is 5.69 Å². The Morgan fingerprint density at radius 2 is 1.69 bits per heavy atom. The number of methoxy groups -OCH3 is 2. The second-order valence-electron chi connectivity index (χ2n) is 5.71. The van der Waals surface area contributed by atoms with Gasteiger partial charge in [-0.05, 0) is 38.1 Å². The highest BCUT2D eigenvalue weighted by Crippen LogP contribution is 2.29. The van der Waals surface area contributed by atoms with E-state index in [1.807, 2.05) is 6.92 Å². The molecule has 0 spiro atoms. The molecule has 0 aliphatic heterocycles. The number of hydrogen-bond donors (Lipinski definition) is 2. The lowest BCUT2D eigenvalue weighted by atomic mass is 10.2. The van der Waals surface area contributed by atoms with E-state index in [1.165, 1.54) is 33.3 Å². The third-order valence-electron chi connectivity index (χ3n) is 3.72. The van der Waals surface area contributed by atoms with E-state index < -0.39 is 22.0 Å². The van der Waals surface area contributed by atoms with Crippen LogP contribution in [0.5, 0.6) is 11.5 Å². The molecule has 0 aliphatic rings. The van der Waals surface area contributed by atoms with E-state index in [0.717, 1.165) is 5.56 Å². The summed E-state index contributed by atoms with van der Waals surface area (Å²) in [5.74, 6) is 0.453. The highest BCUT2D eigenvalue weighted by atomic mass is 32.2. The molecular weight excluding hydrogens is 356 g/mol. The molecule has 1 atom stereocenters. The quantitative estimate of drug-likeness (QED) is 0.771. The summed E-state index contributed by atoms with van der Waals surface area (Å²) in [7, 11) is -0.830. The summed E-state index contributed by atoms with van der Waals surface area (Å²) >= 11 is 0. The minimum absolute atomic E-state index is 0.0988. The molecule has 7 nitrogen and oxygen atoms in total. The van der Waals surface area contributed by atoms with Crippen LogP contribution >= 0.6 is 0 Å². The fraction of sp³-hybridized carbons (Fsp3) is 0.278. The second kappa shape index (κ2) is 8.20. The first kappa shape index (κ1) is 19.7. The summed E-state index contributed by atoms with van der Waals surface area (Å²) < 4.78 is 37.5. The monoisotopic (exact) mass is 378 g/mol. The van der Waals surface area contributed by atoms with Crippen molar-refractivity contribution in [3.05, 3.63) is 48.0 Å². The maximum absolute atomic E-state index is 12.4. The van der Waals surface area contributed by atoms with E-state index in [9.17, 15) is 13.2 Å². The van der Waals surface area contributed by atoms with Crippen molar-refractivity contribution >= 4 is 21.6 Å². The fourth-order valence-corrected chi connectivity index (χ4v) is 3.43. The zero-order valence-electron chi connectivity index (χ0n) is 15.1. The topological polar surface area (TPSA) is 93.7 Å². The van der Waals surface area contributed by atoms with Gasteiger partial charge in [-0.3, -0.25) is 4.79 Å². The first-order valence-electron chi connectivity index (χ1n) is 7.88. The van der Waals surface area contributed by atoms with E-state index in [0.29, 0.717) is 17.2 Å². The molecule has 0 heterocycles. The van der Waals surface area contributed by atoms with Gasteiger partial charge in [-0.1, -0.05) is 17.7 Å². The number of amides is 1. The van der Waals surface area contributed by atoms with Gasteiger partial charge in [0.1, 0.15) is 11.5 Å². The Kier molecular flexibility index (Phi) is 6.23. The molecule has 2 aromatic carbocycles. The number of carbonyl (C=O) groups is 1. The number of benzene rings is 2. The molecule has 26 heavy (non-hydrogen) atoms. The standard InChI is InChI=1S/C18H22N2O5S/c1-12-5-8-15(9-6-12)26(22,23)20-13(2)18(21)19-16-11-14(24-3)7-10-17(16)25-4/h5-11,13,20H,1-4H3,(H,19,21)/t13-/m1/s1. The highest BCUT2D eigenvalue weighted by molar-refractivity contribution is 7.89. The van der Waals surface area contributed by atoms with Gasteiger partial charge in [-0.2, -0.15) is 4.72 Å². The van der Waals surface area contributed by atoms with E-state index in [-0.39, 0.29) is 4.90 Å². The zero-order chi connectivity index (χ0) is 19.3. The molecule has 0 aliphatic carbocycles.